The van der Waals surface area contributed by atoms with E-state index in [9.17, 15) is 19.2 Å². The lowest BCUT2D eigenvalue weighted by molar-refractivity contribution is -0.147. The Morgan fingerprint density at radius 2 is 1.80 bits per heavy atom. The van der Waals surface area contributed by atoms with Crippen molar-refractivity contribution >= 4 is 23.7 Å². The third-order valence-corrected chi connectivity index (χ3v) is 3.12. The molecular weight excluding hydrogens is 334 g/mol. The van der Waals surface area contributed by atoms with Crippen LogP contribution in [0.1, 0.15) is 10.4 Å². The van der Waals surface area contributed by atoms with Gasteiger partial charge in [0.25, 0.3) is 11.8 Å². The zero-order valence-corrected chi connectivity index (χ0v) is 13.4. The van der Waals surface area contributed by atoms with E-state index in [4.69, 9.17) is 9.47 Å². The van der Waals surface area contributed by atoms with E-state index in [1.165, 1.54) is 19.2 Å². The van der Waals surface area contributed by atoms with Crippen LogP contribution in [0.25, 0.3) is 0 Å². The number of hydrogen-bond donors (Lipinski definition) is 3. The maximum atomic E-state index is 12.0. The Kier molecular flexibility index (Phi) is 6.15. The summed E-state index contributed by atoms with van der Waals surface area (Å²) in [6.07, 6.45) is 0. The zero-order chi connectivity index (χ0) is 18.2. The zero-order valence-electron chi connectivity index (χ0n) is 13.4. The number of rotatable bonds is 7. The van der Waals surface area contributed by atoms with Crippen LogP contribution in [-0.4, -0.2) is 57.2 Å². The lowest BCUT2D eigenvalue weighted by Crippen LogP contribution is -2.38. The first kappa shape index (κ1) is 18.0. The molecule has 2 rings (SSSR count). The third-order valence-electron chi connectivity index (χ3n) is 3.12. The smallest absolute Gasteiger partial charge is 0.325 e. The van der Waals surface area contributed by atoms with Crippen molar-refractivity contribution in [2.45, 2.75) is 0 Å². The molecule has 1 aromatic rings. The van der Waals surface area contributed by atoms with Gasteiger partial charge in [0.05, 0.1) is 6.54 Å². The predicted molar refractivity (Wildman–Crippen MR) is 82.9 cm³/mol. The van der Waals surface area contributed by atoms with Crippen LogP contribution in [0.15, 0.2) is 18.2 Å². The summed E-state index contributed by atoms with van der Waals surface area (Å²) in [7, 11) is 1.43. The molecule has 1 aliphatic heterocycles. The van der Waals surface area contributed by atoms with Crippen molar-refractivity contribution in [3.63, 3.8) is 0 Å². The molecule has 0 aromatic heterocycles. The third kappa shape index (κ3) is 5.37. The van der Waals surface area contributed by atoms with Crippen molar-refractivity contribution < 1.29 is 33.4 Å². The number of nitrogens with one attached hydrogen (secondary N) is 3. The Labute approximate surface area is 142 Å². The van der Waals surface area contributed by atoms with Gasteiger partial charge in [-0.1, -0.05) is 0 Å². The Morgan fingerprint density at radius 3 is 2.56 bits per heavy atom. The average molecular weight is 351 g/mol. The number of benzene rings is 1. The summed E-state index contributed by atoms with van der Waals surface area (Å²) >= 11 is 0. The van der Waals surface area contributed by atoms with Gasteiger partial charge in [-0.2, -0.15) is 0 Å². The van der Waals surface area contributed by atoms with Crippen LogP contribution in [0, 0.1) is 0 Å². The van der Waals surface area contributed by atoms with E-state index >= 15 is 0 Å². The molecule has 0 saturated heterocycles. The Morgan fingerprint density at radius 1 is 1.04 bits per heavy atom. The second kappa shape index (κ2) is 8.52. The van der Waals surface area contributed by atoms with E-state index in [0.29, 0.717) is 17.1 Å². The van der Waals surface area contributed by atoms with Crippen molar-refractivity contribution in [1.82, 2.24) is 16.0 Å². The standard InChI is InChI=1S/C15H17N3O7/c1-16-12(19)5-17-13(20)7-23-14(21)6-18-15(22)9-2-3-10-11(4-9)25-8-24-10/h2-4H,5-8H2,1H3,(H,16,19)(H,17,20)(H,18,22). The van der Waals surface area contributed by atoms with E-state index in [-0.39, 0.29) is 19.2 Å². The van der Waals surface area contributed by atoms with Crippen molar-refractivity contribution in [2.24, 2.45) is 0 Å². The fraction of sp³-hybridized carbons (Fsp3) is 0.333. The second-order valence-electron chi connectivity index (χ2n) is 4.86. The van der Waals surface area contributed by atoms with Crippen LogP contribution in [-0.2, 0) is 19.1 Å². The second-order valence-corrected chi connectivity index (χ2v) is 4.86. The van der Waals surface area contributed by atoms with Gasteiger partial charge in [-0.25, -0.2) is 0 Å². The molecule has 0 radical (unpaired) electrons. The van der Waals surface area contributed by atoms with E-state index in [2.05, 4.69) is 20.7 Å². The highest BCUT2D eigenvalue weighted by Gasteiger charge is 2.17. The molecule has 134 valence electrons. The van der Waals surface area contributed by atoms with E-state index in [0.717, 1.165) is 0 Å². The Hall–Kier alpha value is -3.30. The molecule has 0 fully saturated rings. The lowest BCUT2D eigenvalue weighted by Gasteiger charge is -2.07. The number of carbonyl (C=O) groups is 4. The summed E-state index contributed by atoms with van der Waals surface area (Å²) in [5.41, 5.74) is 0.292. The van der Waals surface area contributed by atoms with Crippen LogP contribution in [0.2, 0.25) is 0 Å². The van der Waals surface area contributed by atoms with Gasteiger partial charge in [-0.15, -0.1) is 0 Å². The summed E-state index contributed by atoms with van der Waals surface area (Å²) in [6, 6.07) is 4.61. The van der Waals surface area contributed by atoms with E-state index in [1.807, 2.05) is 0 Å². The Balaban J connectivity index is 1.70. The quantitative estimate of drug-likeness (QED) is 0.512. The van der Waals surface area contributed by atoms with Crippen molar-refractivity contribution in [1.29, 1.82) is 0 Å². The summed E-state index contributed by atoms with van der Waals surface area (Å²) in [5.74, 6) is -1.31. The van der Waals surface area contributed by atoms with Gasteiger partial charge in [-0.05, 0) is 18.2 Å². The summed E-state index contributed by atoms with van der Waals surface area (Å²) < 4.78 is 15.0. The maximum Gasteiger partial charge on any atom is 0.325 e. The molecule has 0 atom stereocenters. The molecule has 0 bridgehead atoms. The molecule has 0 aliphatic carbocycles. The highest BCUT2D eigenvalue weighted by atomic mass is 16.7. The number of ether oxygens (including phenoxy) is 3. The minimum absolute atomic E-state index is 0.0920. The van der Waals surface area contributed by atoms with Gasteiger partial charge < -0.3 is 30.2 Å². The maximum absolute atomic E-state index is 12.0. The van der Waals surface area contributed by atoms with Gasteiger partial charge in [0.2, 0.25) is 12.7 Å². The highest BCUT2D eigenvalue weighted by molar-refractivity contribution is 5.96. The van der Waals surface area contributed by atoms with Gasteiger partial charge in [0.1, 0.15) is 6.54 Å². The van der Waals surface area contributed by atoms with E-state index in [1.54, 1.807) is 6.07 Å². The summed E-state index contributed by atoms with van der Waals surface area (Å²) in [6.45, 7) is -1.08. The van der Waals surface area contributed by atoms with Gasteiger partial charge in [-0.3, -0.25) is 19.2 Å². The molecule has 1 heterocycles. The summed E-state index contributed by atoms with van der Waals surface area (Å²) in [4.78, 5) is 45.8. The fourth-order valence-corrected chi connectivity index (χ4v) is 1.81. The van der Waals surface area contributed by atoms with Gasteiger partial charge in [0.15, 0.2) is 18.1 Å². The van der Waals surface area contributed by atoms with Crippen LogP contribution in [0.4, 0.5) is 0 Å². The van der Waals surface area contributed by atoms with Crippen molar-refractivity contribution in [3.05, 3.63) is 23.8 Å². The lowest BCUT2D eigenvalue weighted by atomic mass is 10.2. The predicted octanol–water partition coefficient (Wildman–Crippen LogP) is -1.45. The fourth-order valence-electron chi connectivity index (χ4n) is 1.81. The number of amides is 3. The number of carbonyl (C=O) groups excluding carboxylic acids is 4. The number of likely N-dealkylation sites (N-methyl/N-ethyl adjacent to an activating group) is 1. The molecule has 0 spiro atoms. The van der Waals surface area contributed by atoms with E-state index < -0.39 is 30.9 Å². The topological polar surface area (TPSA) is 132 Å². The normalized spacial score (nSPS) is 11.4. The van der Waals surface area contributed by atoms with Crippen LogP contribution in [0.3, 0.4) is 0 Å². The summed E-state index contributed by atoms with van der Waals surface area (Å²) in [5, 5.41) is 6.95. The number of fused-ring (bicyclic) bond motifs is 1. The monoisotopic (exact) mass is 351 g/mol. The molecule has 1 aliphatic rings. The molecule has 10 nitrogen and oxygen atoms in total. The molecular formula is C15H17N3O7. The minimum Gasteiger partial charge on any atom is -0.454 e. The van der Waals surface area contributed by atoms with Crippen LogP contribution >= 0.6 is 0 Å². The molecule has 1 aromatic carbocycles. The molecule has 0 unspecified atom stereocenters. The molecule has 0 saturated carbocycles. The number of hydrogen-bond acceptors (Lipinski definition) is 7. The van der Waals surface area contributed by atoms with Crippen molar-refractivity contribution in [2.75, 3.05) is 33.5 Å². The molecule has 3 N–H and O–H groups in total. The van der Waals surface area contributed by atoms with Crippen molar-refractivity contribution in [3.8, 4) is 11.5 Å². The first-order valence-electron chi connectivity index (χ1n) is 7.30. The first-order valence-corrected chi connectivity index (χ1v) is 7.30. The molecule has 25 heavy (non-hydrogen) atoms. The van der Waals surface area contributed by atoms with Gasteiger partial charge >= 0.3 is 5.97 Å². The van der Waals surface area contributed by atoms with Crippen LogP contribution < -0.4 is 25.4 Å². The minimum atomic E-state index is -0.788. The molecule has 10 heteroatoms. The average Bonchev–Trinajstić information content (AvgIpc) is 3.09. The highest BCUT2D eigenvalue weighted by Crippen LogP contribution is 2.32. The Bertz CT molecular complexity index is 690. The van der Waals surface area contributed by atoms with Gasteiger partial charge in [0, 0.05) is 12.6 Å². The molecule has 3 amide bonds. The van der Waals surface area contributed by atoms with Crippen LogP contribution in [0.5, 0.6) is 11.5 Å². The largest absolute Gasteiger partial charge is 0.454 e. The SMILES string of the molecule is CNC(=O)CNC(=O)COC(=O)CNC(=O)c1ccc2c(c1)OCO2. The first-order chi connectivity index (χ1) is 12.0. The number of esters is 1.